The summed E-state index contributed by atoms with van der Waals surface area (Å²) >= 11 is 0. The molecule has 1 atom stereocenters. The summed E-state index contributed by atoms with van der Waals surface area (Å²) in [5.41, 5.74) is 0.738. The SMILES string of the molecule is O=C(N1CCC[C@H](c2nc3c(nnn3Cc3ccccc3)c(=O)[nH]2)C1)C(F)(F)F. The average Bonchev–Trinajstić information content (AvgIpc) is 3.11. The fourth-order valence-electron chi connectivity index (χ4n) is 3.50. The number of halogens is 3. The first kappa shape index (κ1) is 19.1. The van der Waals surface area contributed by atoms with Crippen molar-refractivity contribution in [3.63, 3.8) is 0 Å². The Bertz CT molecular complexity index is 1090. The fourth-order valence-corrected chi connectivity index (χ4v) is 3.50. The van der Waals surface area contributed by atoms with E-state index in [2.05, 4.69) is 20.3 Å². The highest BCUT2D eigenvalue weighted by Crippen LogP contribution is 2.28. The first-order valence-corrected chi connectivity index (χ1v) is 9.06. The minimum absolute atomic E-state index is 0.0226. The van der Waals surface area contributed by atoms with Crippen LogP contribution in [0, 0.1) is 0 Å². The van der Waals surface area contributed by atoms with Gasteiger partial charge in [-0.3, -0.25) is 9.59 Å². The third-order valence-electron chi connectivity index (χ3n) is 4.90. The van der Waals surface area contributed by atoms with Crippen molar-refractivity contribution in [3.05, 3.63) is 52.1 Å². The van der Waals surface area contributed by atoms with Crippen LogP contribution in [0.15, 0.2) is 35.1 Å². The molecule has 1 aliphatic rings. The molecule has 8 nitrogen and oxygen atoms in total. The van der Waals surface area contributed by atoms with Crippen molar-refractivity contribution in [1.29, 1.82) is 0 Å². The monoisotopic (exact) mass is 406 g/mol. The lowest BCUT2D eigenvalue weighted by Gasteiger charge is -2.32. The minimum Gasteiger partial charge on any atom is -0.334 e. The number of hydrogen-bond acceptors (Lipinski definition) is 5. The van der Waals surface area contributed by atoms with Crippen LogP contribution in [0.5, 0.6) is 0 Å². The number of aromatic nitrogens is 5. The van der Waals surface area contributed by atoms with Gasteiger partial charge in [0.15, 0.2) is 11.2 Å². The molecule has 0 unspecified atom stereocenters. The Hall–Kier alpha value is -3.24. The maximum Gasteiger partial charge on any atom is 0.471 e. The van der Waals surface area contributed by atoms with E-state index in [1.165, 1.54) is 4.68 Å². The molecule has 3 aromatic rings. The topological polar surface area (TPSA) is 96.8 Å². The second kappa shape index (κ2) is 7.30. The molecule has 1 aromatic carbocycles. The lowest BCUT2D eigenvalue weighted by molar-refractivity contribution is -0.186. The number of benzene rings is 1. The Morgan fingerprint density at radius 1 is 1.24 bits per heavy atom. The van der Waals surface area contributed by atoms with Gasteiger partial charge in [-0.2, -0.15) is 13.2 Å². The van der Waals surface area contributed by atoms with Crippen LogP contribution in [0.25, 0.3) is 11.2 Å². The van der Waals surface area contributed by atoms with Crippen LogP contribution in [-0.4, -0.2) is 55.0 Å². The molecule has 0 bridgehead atoms. The number of nitrogens with zero attached hydrogens (tertiary/aromatic N) is 5. The molecule has 11 heteroatoms. The van der Waals surface area contributed by atoms with Gasteiger partial charge in [0.05, 0.1) is 6.54 Å². The van der Waals surface area contributed by atoms with Crippen LogP contribution >= 0.6 is 0 Å². The number of hydrogen-bond donors (Lipinski definition) is 1. The summed E-state index contributed by atoms with van der Waals surface area (Å²) < 4.78 is 39.8. The van der Waals surface area contributed by atoms with E-state index in [1.54, 1.807) is 0 Å². The number of alkyl halides is 3. The fraction of sp³-hybridized carbons (Fsp3) is 0.389. The van der Waals surface area contributed by atoms with Crippen molar-refractivity contribution in [2.24, 2.45) is 0 Å². The number of piperidine rings is 1. The van der Waals surface area contributed by atoms with Crippen LogP contribution in [0.4, 0.5) is 13.2 Å². The summed E-state index contributed by atoms with van der Waals surface area (Å²) in [7, 11) is 0. The predicted octanol–water partition coefficient (Wildman–Crippen LogP) is 1.83. The number of carbonyl (C=O) groups excluding carboxylic acids is 1. The summed E-state index contributed by atoms with van der Waals surface area (Å²) in [5.74, 6) is -2.15. The standard InChI is InChI=1S/C18H17F3N6O2/c19-18(20,21)17(29)26-8-4-7-12(10-26)14-22-15-13(16(28)23-14)24-25-27(15)9-11-5-2-1-3-6-11/h1-3,5-6,12H,4,7-10H2,(H,22,23,28)/t12-/m0/s1. The molecule has 3 heterocycles. The summed E-state index contributed by atoms with van der Waals surface area (Å²) in [6, 6.07) is 9.40. The van der Waals surface area contributed by atoms with Crippen LogP contribution in [0.3, 0.4) is 0 Å². The lowest BCUT2D eigenvalue weighted by atomic mass is 9.97. The molecule has 0 aliphatic carbocycles. The first-order chi connectivity index (χ1) is 13.8. The van der Waals surface area contributed by atoms with Gasteiger partial charge in [-0.05, 0) is 18.4 Å². The Balaban J connectivity index is 1.65. The van der Waals surface area contributed by atoms with E-state index in [4.69, 9.17) is 0 Å². The number of fused-ring (bicyclic) bond motifs is 1. The summed E-state index contributed by atoms with van der Waals surface area (Å²) in [6.07, 6.45) is -4.03. The Kier molecular flexibility index (Phi) is 4.81. The maximum absolute atomic E-state index is 12.8. The van der Waals surface area contributed by atoms with Gasteiger partial charge < -0.3 is 9.88 Å². The smallest absolute Gasteiger partial charge is 0.334 e. The van der Waals surface area contributed by atoms with Crippen molar-refractivity contribution in [3.8, 4) is 0 Å². The third-order valence-corrected chi connectivity index (χ3v) is 4.90. The van der Waals surface area contributed by atoms with E-state index < -0.39 is 23.6 Å². The van der Waals surface area contributed by atoms with Gasteiger partial charge in [-0.15, -0.1) is 5.10 Å². The van der Waals surface area contributed by atoms with Gasteiger partial charge in [0.1, 0.15) is 5.82 Å². The minimum atomic E-state index is -4.93. The van der Waals surface area contributed by atoms with Crippen LogP contribution in [-0.2, 0) is 11.3 Å². The number of aromatic amines is 1. The molecule has 4 rings (SSSR count). The molecule has 0 saturated carbocycles. The average molecular weight is 406 g/mol. The molecular formula is C18H17F3N6O2. The van der Waals surface area contributed by atoms with Crippen molar-refractivity contribution in [1.82, 2.24) is 29.9 Å². The van der Waals surface area contributed by atoms with E-state index in [0.29, 0.717) is 19.4 Å². The highest BCUT2D eigenvalue weighted by atomic mass is 19.4. The number of carbonyl (C=O) groups is 1. The number of rotatable bonds is 3. The second-order valence-electron chi connectivity index (χ2n) is 6.94. The molecule has 1 amide bonds. The van der Waals surface area contributed by atoms with Gasteiger partial charge in [0, 0.05) is 19.0 Å². The van der Waals surface area contributed by atoms with E-state index in [0.717, 1.165) is 10.5 Å². The largest absolute Gasteiger partial charge is 0.471 e. The maximum atomic E-state index is 12.8. The Labute approximate surface area is 162 Å². The van der Waals surface area contributed by atoms with E-state index >= 15 is 0 Å². The van der Waals surface area contributed by atoms with Crippen LogP contribution in [0.1, 0.15) is 30.1 Å². The second-order valence-corrected chi connectivity index (χ2v) is 6.94. The van der Waals surface area contributed by atoms with Gasteiger partial charge in [-0.1, -0.05) is 35.5 Å². The summed E-state index contributed by atoms with van der Waals surface area (Å²) in [5, 5.41) is 7.85. The van der Waals surface area contributed by atoms with Crippen molar-refractivity contribution >= 4 is 17.1 Å². The molecule has 29 heavy (non-hydrogen) atoms. The molecule has 0 spiro atoms. The lowest BCUT2D eigenvalue weighted by Crippen LogP contribution is -2.46. The Morgan fingerprint density at radius 2 is 2.00 bits per heavy atom. The zero-order chi connectivity index (χ0) is 20.6. The highest BCUT2D eigenvalue weighted by Gasteiger charge is 2.44. The zero-order valence-electron chi connectivity index (χ0n) is 15.2. The number of H-pyrrole nitrogens is 1. The number of likely N-dealkylation sites (tertiary alicyclic amines) is 1. The van der Waals surface area contributed by atoms with Crippen LogP contribution in [0.2, 0.25) is 0 Å². The number of nitrogens with one attached hydrogen (secondary N) is 1. The predicted molar refractivity (Wildman–Crippen MR) is 96.1 cm³/mol. The van der Waals surface area contributed by atoms with Gasteiger partial charge >= 0.3 is 12.1 Å². The van der Waals surface area contributed by atoms with Gasteiger partial charge in [-0.25, -0.2) is 9.67 Å². The highest BCUT2D eigenvalue weighted by molar-refractivity contribution is 5.82. The number of amides is 1. The molecule has 1 saturated heterocycles. The quantitative estimate of drug-likeness (QED) is 0.716. The summed E-state index contributed by atoms with van der Waals surface area (Å²) in [6.45, 7) is 0.207. The van der Waals surface area contributed by atoms with Gasteiger partial charge in [0.25, 0.3) is 5.56 Å². The van der Waals surface area contributed by atoms with Crippen molar-refractivity contribution in [2.45, 2.75) is 31.5 Å². The van der Waals surface area contributed by atoms with E-state index in [9.17, 15) is 22.8 Å². The third kappa shape index (κ3) is 3.84. The van der Waals surface area contributed by atoms with Crippen LogP contribution < -0.4 is 5.56 Å². The molecule has 152 valence electrons. The normalized spacial score (nSPS) is 17.6. The molecule has 1 fully saturated rings. The van der Waals surface area contributed by atoms with E-state index in [1.807, 2.05) is 30.3 Å². The van der Waals surface area contributed by atoms with Gasteiger partial charge in [0.2, 0.25) is 0 Å². The molecule has 0 radical (unpaired) electrons. The zero-order valence-corrected chi connectivity index (χ0v) is 15.2. The summed E-state index contributed by atoms with van der Waals surface area (Å²) in [4.78, 5) is 31.8. The van der Waals surface area contributed by atoms with Crippen molar-refractivity contribution in [2.75, 3.05) is 13.1 Å². The molecular weight excluding hydrogens is 389 g/mol. The first-order valence-electron chi connectivity index (χ1n) is 9.06. The van der Waals surface area contributed by atoms with E-state index in [-0.39, 0.29) is 30.1 Å². The molecule has 1 N–H and O–H groups in total. The molecule has 1 aliphatic heterocycles. The van der Waals surface area contributed by atoms with Crippen molar-refractivity contribution < 1.29 is 18.0 Å². The molecule has 2 aromatic heterocycles. The Morgan fingerprint density at radius 3 is 2.72 bits per heavy atom.